The average Bonchev–Trinajstić information content (AvgIpc) is 2.78. The first-order valence-electron chi connectivity index (χ1n) is 11.1. The summed E-state index contributed by atoms with van der Waals surface area (Å²) < 4.78 is 11.3. The Morgan fingerprint density at radius 1 is 1.00 bits per heavy atom. The molecular formula is C27H30ClNO5. The van der Waals surface area contributed by atoms with Gasteiger partial charge in [-0.25, -0.2) is 4.79 Å². The molecule has 0 saturated heterocycles. The lowest BCUT2D eigenvalue weighted by atomic mass is 10.1. The number of halogens is 1. The average molecular weight is 484 g/mol. The number of rotatable bonds is 8. The largest absolute Gasteiger partial charge is 0.508 e. The van der Waals surface area contributed by atoms with Crippen molar-refractivity contribution >= 4 is 17.7 Å². The third-order valence-electron chi connectivity index (χ3n) is 4.94. The Balaban J connectivity index is 1.65. The molecule has 0 aliphatic heterocycles. The van der Waals surface area contributed by atoms with E-state index >= 15 is 0 Å². The van der Waals surface area contributed by atoms with Crippen LogP contribution in [0.4, 0.5) is 4.79 Å². The summed E-state index contributed by atoms with van der Waals surface area (Å²) >= 11 is 6.05. The van der Waals surface area contributed by atoms with Crippen LogP contribution in [0.2, 0.25) is 5.02 Å². The van der Waals surface area contributed by atoms with E-state index in [1.807, 2.05) is 45.0 Å². The summed E-state index contributed by atoms with van der Waals surface area (Å²) in [6.07, 6.45) is -0.811. The van der Waals surface area contributed by atoms with Crippen molar-refractivity contribution in [3.63, 3.8) is 0 Å². The summed E-state index contributed by atoms with van der Waals surface area (Å²) in [4.78, 5) is 14.3. The number of carbonyl (C=O) groups excluding carboxylic acids is 1. The van der Waals surface area contributed by atoms with E-state index in [2.05, 4.69) is 0 Å². The molecule has 0 aliphatic rings. The molecule has 0 spiro atoms. The number of aliphatic hydroxyl groups is 1. The first-order chi connectivity index (χ1) is 16.1. The molecule has 34 heavy (non-hydrogen) atoms. The number of hydrogen-bond donors (Lipinski definition) is 2. The van der Waals surface area contributed by atoms with Crippen LogP contribution in [0.15, 0.2) is 72.8 Å². The molecule has 0 bridgehead atoms. The van der Waals surface area contributed by atoms with Crippen molar-refractivity contribution in [3.05, 3.63) is 88.9 Å². The quantitative estimate of drug-likeness (QED) is 0.390. The van der Waals surface area contributed by atoms with Gasteiger partial charge in [0.2, 0.25) is 0 Å². The second kappa shape index (κ2) is 11.3. The zero-order valence-corrected chi connectivity index (χ0v) is 20.3. The first kappa shape index (κ1) is 25.4. The Hall–Kier alpha value is -3.22. The number of phenols is 1. The maximum atomic E-state index is 12.8. The van der Waals surface area contributed by atoms with Gasteiger partial charge in [0, 0.05) is 11.6 Å². The van der Waals surface area contributed by atoms with E-state index in [1.165, 1.54) is 4.90 Å². The molecule has 3 rings (SSSR count). The standard InChI is InChI=1S/C27H30ClNO5/c1-27(2,3)34-26(32)29(18-25(31)20-5-4-6-21(28)17-20)16-15-19-7-11-23(12-8-19)33-24-13-9-22(30)10-14-24/h4-14,17,25,30-31H,15-16,18H2,1-3H3/t25-/m0/s1. The van der Waals surface area contributed by atoms with Gasteiger partial charge in [-0.05, 0) is 86.8 Å². The summed E-state index contributed by atoms with van der Waals surface area (Å²) in [7, 11) is 0. The minimum absolute atomic E-state index is 0.0807. The van der Waals surface area contributed by atoms with Crippen molar-refractivity contribution in [1.29, 1.82) is 0 Å². The monoisotopic (exact) mass is 483 g/mol. The van der Waals surface area contributed by atoms with Crippen LogP contribution in [0.3, 0.4) is 0 Å². The third-order valence-corrected chi connectivity index (χ3v) is 5.18. The van der Waals surface area contributed by atoms with E-state index < -0.39 is 17.8 Å². The minimum atomic E-state index is -0.896. The van der Waals surface area contributed by atoms with E-state index in [9.17, 15) is 15.0 Å². The highest BCUT2D eigenvalue weighted by atomic mass is 35.5. The van der Waals surface area contributed by atoms with Crippen LogP contribution in [-0.4, -0.2) is 39.9 Å². The lowest BCUT2D eigenvalue weighted by molar-refractivity contribution is 0.0147. The molecule has 3 aromatic rings. The molecule has 1 atom stereocenters. The number of hydrogen-bond acceptors (Lipinski definition) is 5. The van der Waals surface area contributed by atoms with Crippen molar-refractivity contribution in [2.75, 3.05) is 13.1 Å². The maximum absolute atomic E-state index is 12.8. The predicted molar refractivity (Wildman–Crippen MR) is 133 cm³/mol. The second-order valence-corrected chi connectivity index (χ2v) is 9.42. The van der Waals surface area contributed by atoms with Crippen LogP contribution >= 0.6 is 11.6 Å². The third kappa shape index (κ3) is 7.97. The van der Waals surface area contributed by atoms with E-state index in [1.54, 1.807) is 48.5 Å². The van der Waals surface area contributed by atoms with Crippen molar-refractivity contribution in [3.8, 4) is 17.2 Å². The molecule has 1 amide bonds. The fraction of sp³-hybridized carbons (Fsp3) is 0.296. The van der Waals surface area contributed by atoms with Gasteiger partial charge in [-0.2, -0.15) is 0 Å². The predicted octanol–water partition coefficient (Wildman–Crippen LogP) is 6.35. The van der Waals surface area contributed by atoms with Gasteiger partial charge in [-0.1, -0.05) is 35.9 Å². The number of nitrogens with zero attached hydrogens (tertiary/aromatic N) is 1. The summed E-state index contributed by atoms with van der Waals surface area (Å²) in [5.41, 5.74) is 0.990. The normalized spacial score (nSPS) is 12.1. The molecular weight excluding hydrogens is 454 g/mol. The van der Waals surface area contributed by atoms with Gasteiger partial charge < -0.3 is 24.6 Å². The van der Waals surface area contributed by atoms with Gasteiger partial charge in [0.1, 0.15) is 22.8 Å². The van der Waals surface area contributed by atoms with Crippen molar-refractivity contribution in [1.82, 2.24) is 4.90 Å². The summed E-state index contributed by atoms with van der Waals surface area (Å²) in [5.74, 6) is 1.46. The van der Waals surface area contributed by atoms with Crippen molar-refractivity contribution in [2.45, 2.75) is 38.9 Å². The fourth-order valence-corrected chi connectivity index (χ4v) is 3.45. The summed E-state index contributed by atoms with van der Waals surface area (Å²) in [5, 5.41) is 20.6. The Morgan fingerprint density at radius 2 is 1.62 bits per heavy atom. The number of aromatic hydroxyl groups is 1. The number of carbonyl (C=O) groups is 1. The van der Waals surface area contributed by atoms with Gasteiger partial charge in [-0.3, -0.25) is 0 Å². The zero-order valence-electron chi connectivity index (χ0n) is 19.6. The van der Waals surface area contributed by atoms with Crippen LogP contribution in [0, 0.1) is 0 Å². The summed E-state index contributed by atoms with van der Waals surface area (Å²) in [6, 6.07) is 21.0. The van der Waals surface area contributed by atoms with Gasteiger partial charge in [0.15, 0.2) is 0 Å². The lowest BCUT2D eigenvalue weighted by Gasteiger charge is -2.29. The van der Waals surface area contributed by atoms with E-state index in [4.69, 9.17) is 21.1 Å². The Bertz CT molecular complexity index is 1080. The molecule has 0 unspecified atom stereocenters. The molecule has 0 aromatic heterocycles. The maximum Gasteiger partial charge on any atom is 0.410 e. The number of ether oxygens (including phenoxy) is 2. The molecule has 0 saturated carbocycles. The SMILES string of the molecule is CC(C)(C)OC(=O)N(CCc1ccc(Oc2ccc(O)cc2)cc1)C[C@H](O)c1cccc(Cl)c1. The smallest absolute Gasteiger partial charge is 0.410 e. The first-order valence-corrected chi connectivity index (χ1v) is 11.4. The molecule has 0 heterocycles. The van der Waals surface area contributed by atoms with Crippen LogP contribution in [0.5, 0.6) is 17.2 Å². The van der Waals surface area contributed by atoms with Crippen molar-refractivity contribution < 1.29 is 24.5 Å². The van der Waals surface area contributed by atoms with Crippen molar-refractivity contribution in [2.24, 2.45) is 0 Å². The molecule has 6 nitrogen and oxygen atoms in total. The molecule has 180 valence electrons. The molecule has 2 N–H and O–H groups in total. The number of benzene rings is 3. The van der Waals surface area contributed by atoms with Gasteiger partial charge in [0.25, 0.3) is 0 Å². The Kier molecular flexibility index (Phi) is 8.42. The second-order valence-electron chi connectivity index (χ2n) is 8.99. The van der Waals surface area contributed by atoms with E-state index in [0.29, 0.717) is 35.1 Å². The van der Waals surface area contributed by atoms with Crippen LogP contribution in [-0.2, 0) is 11.2 Å². The Morgan fingerprint density at radius 3 is 2.21 bits per heavy atom. The van der Waals surface area contributed by atoms with Gasteiger partial charge >= 0.3 is 6.09 Å². The highest BCUT2D eigenvalue weighted by Crippen LogP contribution is 2.24. The lowest BCUT2D eigenvalue weighted by Crippen LogP contribution is -2.40. The number of phenolic OH excluding ortho intramolecular Hbond substituents is 1. The van der Waals surface area contributed by atoms with E-state index in [-0.39, 0.29) is 12.3 Å². The minimum Gasteiger partial charge on any atom is -0.508 e. The fourth-order valence-electron chi connectivity index (χ4n) is 3.25. The molecule has 3 aromatic carbocycles. The molecule has 0 radical (unpaired) electrons. The molecule has 0 aliphatic carbocycles. The number of aliphatic hydroxyl groups excluding tert-OH is 1. The molecule has 7 heteroatoms. The summed E-state index contributed by atoms with van der Waals surface area (Å²) in [6.45, 7) is 5.87. The number of amides is 1. The molecule has 0 fully saturated rings. The zero-order chi connectivity index (χ0) is 24.7. The Labute approximate surface area is 205 Å². The van der Waals surface area contributed by atoms with Crippen LogP contribution in [0.25, 0.3) is 0 Å². The van der Waals surface area contributed by atoms with Gasteiger partial charge in [-0.15, -0.1) is 0 Å². The van der Waals surface area contributed by atoms with Gasteiger partial charge in [0.05, 0.1) is 12.6 Å². The van der Waals surface area contributed by atoms with E-state index in [0.717, 1.165) is 5.56 Å². The highest BCUT2D eigenvalue weighted by molar-refractivity contribution is 6.30. The van der Waals surface area contributed by atoms with Crippen LogP contribution < -0.4 is 4.74 Å². The van der Waals surface area contributed by atoms with Crippen LogP contribution in [0.1, 0.15) is 38.0 Å². The topological polar surface area (TPSA) is 79.2 Å². The highest BCUT2D eigenvalue weighted by Gasteiger charge is 2.24.